The third kappa shape index (κ3) is 6.52. The van der Waals surface area contributed by atoms with Gasteiger partial charge in [-0.1, -0.05) is 12.1 Å². The molecule has 0 bridgehead atoms. The number of carbonyl (C=O) groups is 1. The average molecular weight is 283 g/mol. The zero-order valence-corrected chi connectivity index (χ0v) is 12.5. The minimum absolute atomic E-state index is 0.178. The van der Waals surface area contributed by atoms with Crippen molar-refractivity contribution in [2.45, 2.75) is 26.4 Å². The molecule has 0 spiro atoms. The molecule has 1 aromatic carbocycles. The summed E-state index contributed by atoms with van der Waals surface area (Å²) < 4.78 is 23.8. The number of rotatable bonds is 6. The highest BCUT2D eigenvalue weighted by Gasteiger charge is 2.17. The van der Waals surface area contributed by atoms with Crippen molar-refractivity contribution in [2.75, 3.05) is 26.7 Å². The van der Waals surface area contributed by atoms with Crippen LogP contribution in [0, 0.1) is 5.82 Å². The molecule has 0 atom stereocenters. The van der Waals surface area contributed by atoms with Crippen LogP contribution in [-0.4, -0.2) is 43.2 Å². The first-order valence-electron chi connectivity index (χ1n) is 6.55. The van der Waals surface area contributed by atoms with Gasteiger partial charge in [-0.2, -0.15) is 0 Å². The van der Waals surface area contributed by atoms with E-state index >= 15 is 0 Å². The van der Waals surface area contributed by atoms with Crippen molar-refractivity contribution in [3.63, 3.8) is 0 Å². The molecule has 0 amide bonds. The van der Waals surface area contributed by atoms with Crippen molar-refractivity contribution in [3.8, 4) is 5.75 Å². The lowest BCUT2D eigenvalue weighted by molar-refractivity contribution is -0.155. The zero-order valence-electron chi connectivity index (χ0n) is 12.5. The number of carbonyl (C=O) groups excluding carboxylic acids is 1. The Morgan fingerprint density at radius 2 is 1.95 bits per heavy atom. The Bertz CT molecular complexity index is 443. The van der Waals surface area contributed by atoms with Crippen LogP contribution < -0.4 is 4.74 Å². The van der Waals surface area contributed by atoms with Gasteiger partial charge < -0.3 is 9.47 Å². The fourth-order valence-corrected chi connectivity index (χ4v) is 1.55. The van der Waals surface area contributed by atoms with E-state index in [9.17, 15) is 9.18 Å². The fraction of sp³-hybridized carbons (Fsp3) is 0.533. The summed E-state index contributed by atoms with van der Waals surface area (Å²) in [5.74, 6) is -0.452. The highest BCUT2D eigenvalue weighted by atomic mass is 19.1. The second kappa shape index (κ2) is 7.24. The number of likely N-dealkylation sites (N-methyl/N-ethyl adjacent to an activating group) is 1. The Morgan fingerprint density at radius 3 is 2.55 bits per heavy atom. The van der Waals surface area contributed by atoms with Gasteiger partial charge in [0.05, 0.1) is 6.54 Å². The summed E-state index contributed by atoms with van der Waals surface area (Å²) in [6.07, 6.45) is 0. The van der Waals surface area contributed by atoms with Gasteiger partial charge in [0, 0.05) is 6.54 Å². The third-order valence-electron chi connectivity index (χ3n) is 2.39. The van der Waals surface area contributed by atoms with Crippen molar-refractivity contribution in [1.82, 2.24) is 4.90 Å². The number of halogens is 1. The van der Waals surface area contributed by atoms with Crippen LogP contribution in [0.4, 0.5) is 4.39 Å². The van der Waals surface area contributed by atoms with E-state index in [2.05, 4.69) is 0 Å². The van der Waals surface area contributed by atoms with E-state index in [0.717, 1.165) is 0 Å². The molecule has 4 nitrogen and oxygen atoms in total. The lowest BCUT2D eigenvalue weighted by Gasteiger charge is -2.22. The van der Waals surface area contributed by atoms with Gasteiger partial charge >= 0.3 is 5.97 Å². The van der Waals surface area contributed by atoms with Gasteiger partial charge in [-0.3, -0.25) is 9.69 Å². The molecule has 0 N–H and O–H groups in total. The first kappa shape index (κ1) is 16.4. The second-order valence-corrected chi connectivity index (χ2v) is 5.60. The molecule has 0 saturated heterocycles. The monoisotopic (exact) mass is 283 g/mol. The van der Waals surface area contributed by atoms with Gasteiger partial charge in [-0.15, -0.1) is 0 Å². The first-order chi connectivity index (χ1) is 9.28. The molecule has 0 heterocycles. The molecule has 0 saturated carbocycles. The minimum Gasteiger partial charge on any atom is -0.489 e. The van der Waals surface area contributed by atoms with Gasteiger partial charge in [0.1, 0.15) is 12.2 Å². The molecule has 0 aliphatic heterocycles. The summed E-state index contributed by atoms with van der Waals surface area (Å²) in [6, 6.07) is 6.24. The molecule has 0 aliphatic rings. The lowest BCUT2D eigenvalue weighted by Crippen LogP contribution is -2.34. The molecule has 0 fully saturated rings. The van der Waals surface area contributed by atoms with E-state index in [4.69, 9.17) is 9.47 Å². The lowest BCUT2D eigenvalue weighted by atomic mass is 10.2. The van der Waals surface area contributed by atoms with E-state index in [1.165, 1.54) is 6.07 Å². The third-order valence-corrected chi connectivity index (χ3v) is 2.39. The van der Waals surface area contributed by atoms with Crippen LogP contribution in [0.2, 0.25) is 0 Å². The molecule has 1 aromatic rings. The molecule has 0 aliphatic carbocycles. The smallest absolute Gasteiger partial charge is 0.320 e. The summed E-state index contributed by atoms with van der Waals surface area (Å²) in [5, 5.41) is 0. The first-order valence-corrected chi connectivity index (χ1v) is 6.55. The van der Waals surface area contributed by atoms with Crippen molar-refractivity contribution in [3.05, 3.63) is 30.1 Å². The average Bonchev–Trinajstić information content (AvgIpc) is 2.28. The Balaban J connectivity index is 2.28. The summed E-state index contributed by atoms with van der Waals surface area (Å²) in [7, 11) is 1.79. The fourth-order valence-electron chi connectivity index (χ4n) is 1.55. The van der Waals surface area contributed by atoms with Crippen LogP contribution in [0.5, 0.6) is 5.75 Å². The number of hydrogen-bond acceptors (Lipinski definition) is 4. The van der Waals surface area contributed by atoms with Crippen molar-refractivity contribution >= 4 is 5.97 Å². The standard InChI is InChI=1S/C15H22FNO3/c1-15(2,3)20-14(18)11-17(4)9-10-19-13-8-6-5-7-12(13)16/h5-8H,9-11H2,1-4H3. The van der Waals surface area contributed by atoms with Crippen molar-refractivity contribution in [1.29, 1.82) is 0 Å². The van der Waals surface area contributed by atoms with Crippen LogP contribution in [-0.2, 0) is 9.53 Å². The van der Waals surface area contributed by atoms with Crippen LogP contribution in [0.15, 0.2) is 24.3 Å². The molecular formula is C15H22FNO3. The topological polar surface area (TPSA) is 38.8 Å². The number of nitrogens with zero attached hydrogens (tertiary/aromatic N) is 1. The maximum atomic E-state index is 13.3. The van der Waals surface area contributed by atoms with E-state index in [1.54, 1.807) is 30.1 Å². The molecule has 5 heteroatoms. The molecule has 20 heavy (non-hydrogen) atoms. The van der Waals surface area contributed by atoms with Crippen LogP contribution in [0.1, 0.15) is 20.8 Å². The van der Waals surface area contributed by atoms with Crippen molar-refractivity contribution in [2.24, 2.45) is 0 Å². The van der Waals surface area contributed by atoms with Gasteiger partial charge in [-0.25, -0.2) is 4.39 Å². The highest BCUT2D eigenvalue weighted by molar-refractivity contribution is 5.72. The van der Waals surface area contributed by atoms with E-state index in [-0.39, 0.29) is 24.1 Å². The Kier molecular flexibility index (Phi) is 5.95. The minimum atomic E-state index is -0.485. The Labute approximate surface area is 119 Å². The van der Waals surface area contributed by atoms with Gasteiger partial charge in [0.15, 0.2) is 11.6 Å². The molecule has 1 rings (SSSR count). The SMILES string of the molecule is CN(CCOc1ccccc1F)CC(=O)OC(C)(C)C. The van der Waals surface area contributed by atoms with Crippen LogP contribution in [0.25, 0.3) is 0 Å². The summed E-state index contributed by atoms with van der Waals surface area (Å²) in [4.78, 5) is 13.4. The van der Waals surface area contributed by atoms with Gasteiger partial charge in [-0.05, 0) is 40.0 Å². The predicted molar refractivity (Wildman–Crippen MR) is 75.2 cm³/mol. The zero-order chi connectivity index (χ0) is 15.2. The molecule has 0 aromatic heterocycles. The van der Waals surface area contributed by atoms with E-state index in [1.807, 2.05) is 20.8 Å². The van der Waals surface area contributed by atoms with E-state index in [0.29, 0.717) is 13.2 Å². The maximum Gasteiger partial charge on any atom is 0.320 e. The number of benzene rings is 1. The van der Waals surface area contributed by atoms with E-state index < -0.39 is 5.60 Å². The normalized spacial score (nSPS) is 11.5. The van der Waals surface area contributed by atoms with Crippen LogP contribution in [0.3, 0.4) is 0 Å². The Hall–Kier alpha value is -1.62. The summed E-state index contributed by atoms with van der Waals surface area (Å²) in [5.41, 5.74) is -0.485. The van der Waals surface area contributed by atoms with Crippen molar-refractivity contribution < 1.29 is 18.7 Å². The van der Waals surface area contributed by atoms with Gasteiger partial charge in [0.2, 0.25) is 0 Å². The molecule has 0 unspecified atom stereocenters. The molecule has 112 valence electrons. The second-order valence-electron chi connectivity index (χ2n) is 5.60. The number of hydrogen-bond donors (Lipinski definition) is 0. The Morgan fingerprint density at radius 1 is 1.30 bits per heavy atom. The van der Waals surface area contributed by atoms with Gasteiger partial charge in [0.25, 0.3) is 0 Å². The summed E-state index contributed by atoms with van der Waals surface area (Å²) >= 11 is 0. The van der Waals surface area contributed by atoms with Crippen LogP contribution >= 0.6 is 0 Å². The summed E-state index contributed by atoms with van der Waals surface area (Å²) in [6.45, 7) is 6.47. The largest absolute Gasteiger partial charge is 0.489 e. The molecule has 0 radical (unpaired) electrons. The maximum absolute atomic E-state index is 13.3. The highest BCUT2D eigenvalue weighted by Crippen LogP contribution is 2.15. The number of para-hydroxylation sites is 1. The predicted octanol–water partition coefficient (Wildman–Crippen LogP) is 2.48. The molecular weight excluding hydrogens is 261 g/mol. The number of esters is 1. The number of ether oxygens (including phenoxy) is 2. The quantitative estimate of drug-likeness (QED) is 0.752.